The third-order valence-corrected chi connectivity index (χ3v) is 8.65. The van der Waals surface area contributed by atoms with Crippen molar-refractivity contribution in [3.8, 4) is 10.6 Å². The van der Waals surface area contributed by atoms with Gasteiger partial charge in [-0.05, 0) is 30.9 Å². The highest BCUT2D eigenvalue weighted by Crippen LogP contribution is 2.28. The first-order valence-electron chi connectivity index (χ1n) is 10.9. The number of hydrogen-bond donors (Lipinski definition) is 1. The molecule has 32 heavy (non-hydrogen) atoms. The molecule has 2 aromatic carbocycles. The van der Waals surface area contributed by atoms with Gasteiger partial charge in [-0.2, -0.15) is 4.31 Å². The molecule has 1 unspecified atom stereocenters. The first-order valence-corrected chi connectivity index (χ1v) is 13.2. The summed E-state index contributed by atoms with van der Waals surface area (Å²) in [4.78, 5) is 17.8. The number of thiazole rings is 1. The van der Waals surface area contributed by atoms with Gasteiger partial charge in [0.05, 0.1) is 10.6 Å². The number of rotatable bonds is 8. The molecule has 6 nitrogen and oxygen atoms in total. The SMILES string of the molecule is CCc1ccccc1S(=O)(=O)N1CCCC1C(=O)NCCc1csc(-c2ccccc2)n1. The second-order valence-corrected chi connectivity index (χ2v) is 10.5. The molecular formula is C24H27N3O3S2. The summed E-state index contributed by atoms with van der Waals surface area (Å²) in [5.41, 5.74) is 2.77. The van der Waals surface area contributed by atoms with Gasteiger partial charge < -0.3 is 5.32 Å². The Balaban J connectivity index is 1.39. The van der Waals surface area contributed by atoms with Gasteiger partial charge in [-0.3, -0.25) is 4.79 Å². The molecule has 1 aromatic heterocycles. The fourth-order valence-electron chi connectivity index (χ4n) is 4.03. The molecule has 0 bridgehead atoms. The van der Waals surface area contributed by atoms with Crippen LogP contribution >= 0.6 is 11.3 Å². The van der Waals surface area contributed by atoms with E-state index >= 15 is 0 Å². The molecule has 1 saturated heterocycles. The van der Waals surface area contributed by atoms with Gasteiger partial charge in [0.2, 0.25) is 15.9 Å². The van der Waals surface area contributed by atoms with Crippen LogP contribution in [-0.2, 0) is 27.7 Å². The Kier molecular flexibility index (Phi) is 7.03. The molecule has 4 rings (SSSR count). The lowest BCUT2D eigenvalue weighted by Gasteiger charge is -2.24. The van der Waals surface area contributed by atoms with E-state index < -0.39 is 16.1 Å². The van der Waals surface area contributed by atoms with Crippen molar-refractivity contribution < 1.29 is 13.2 Å². The van der Waals surface area contributed by atoms with E-state index in [2.05, 4.69) is 10.3 Å². The quantitative estimate of drug-likeness (QED) is 0.543. The number of aryl methyl sites for hydroxylation is 1. The summed E-state index contributed by atoms with van der Waals surface area (Å²) in [6, 6.07) is 16.4. The van der Waals surface area contributed by atoms with E-state index in [1.54, 1.807) is 23.5 Å². The average Bonchev–Trinajstić information content (AvgIpc) is 3.50. The Labute approximate surface area is 193 Å². The fourth-order valence-corrected chi connectivity index (χ4v) is 6.84. The van der Waals surface area contributed by atoms with E-state index in [0.717, 1.165) is 21.8 Å². The van der Waals surface area contributed by atoms with Crippen molar-refractivity contribution in [1.82, 2.24) is 14.6 Å². The lowest BCUT2D eigenvalue weighted by molar-refractivity contribution is -0.124. The van der Waals surface area contributed by atoms with Gasteiger partial charge in [-0.25, -0.2) is 13.4 Å². The number of carbonyl (C=O) groups is 1. The van der Waals surface area contributed by atoms with E-state index in [0.29, 0.717) is 43.7 Å². The summed E-state index contributed by atoms with van der Waals surface area (Å²) in [5, 5.41) is 5.88. The van der Waals surface area contributed by atoms with Gasteiger partial charge >= 0.3 is 0 Å². The largest absolute Gasteiger partial charge is 0.354 e. The number of benzene rings is 2. The van der Waals surface area contributed by atoms with Crippen LogP contribution in [0.5, 0.6) is 0 Å². The molecule has 1 aliphatic heterocycles. The fraction of sp³-hybridized carbons (Fsp3) is 0.333. The summed E-state index contributed by atoms with van der Waals surface area (Å²) in [6.07, 6.45) is 2.44. The van der Waals surface area contributed by atoms with Crippen molar-refractivity contribution >= 4 is 27.3 Å². The Morgan fingerprint density at radius 1 is 1.16 bits per heavy atom. The van der Waals surface area contributed by atoms with Crippen molar-refractivity contribution in [3.63, 3.8) is 0 Å². The topological polar surface area (TPSA) is 79.4 Å². The number of nitrogens with one attached hydrogen (secondary N) is 1. The summed E-state index contributed by atoms with van der Waals surface area (Å²) >= 11 is 1.58. The minimum atomic E-state index is -3.72. The first-order chi connectivity index (χ1) is 15.5. The average molecular weight is 470 g/mol. The van der Waals surface area contributed by atoms with Crippen LogP contribution < -0.4 is 5.32 Å². The number of hydrogen-bond acceptors (Lipinski definition) is 5. The van der Waals surface area contributed by atoms with Gasteiger partial charge in [-0.1, -0.05) is 55.5 Å². The van der Waals surface area contributed by atoms with Crippen LogP contribution in [0.3, 0.4) is 0 Å². The van der Waals surface area contributed by atoms with E-state index in [4.69, 9.17) is 0 Å². The van der Waals surface area contributed by atoms with E-state index in [1.165, 1.54) is 4.31 Å². The first kappa shape index (κ1) is 22.6. The Morgan fingerprint density at radius 3 is 2.69 bits per heavy atom. The van der Waals surface area contributed by atoms with Crippen LogP contribution in [0.15, 0.2) is 64.9 Å². The Morgan fingerprint density at radius 2 is 1.91 bits per heavy atom. The maximum absolute atomic E-state index is 13.3. The number of aromatic nitrogens is 1. The molecule has 2 heterocycles. The van der Waals surface area contributed by atoms with Crippen LogP contribution in [-0.4, -0.2) is 42.7 Å². The van der Waals surface area contributed by atoms with Crippen molar-refractivity contribution in [2.45, 2.75) is 43.5 Å². The molecule has 0 saturated carbocycles. The number of amides is 1. The van der Waals surface area contributed by atoms with Crippen molar-refractivity contribution in [3.05, 3.63) is 71.2 Å². The van der Waals surface area contributed by atoms with E-state index in [1.807, 2.05) is 54.8 Å². The molecule has 8 heteroatoms. The van der Waals surface area contributed by atoms with Crippen LogP contribution in [0.4, 0.5) is 0 Å². The van der Waals surface area contributed by atoms with Gasteiger partial charge in [-0.15, -0.1) is 11.3 Å². The van der Waals surface area contributed by atoms with Gasteiger partial charge in [0.25, 0.3) is 0 Å². The molecule has 0 radical (unpaired) electrons. The van der Waals surface area contributed by atoms with Gasteiger partial charge in [0, 0.05) is 30.5 Å². The van der Waals surface area contributed by atoms with Crippen molar-refractivity contribution in [1.29, 1.82) is 0 Å². The molecule has 0 spiro atoms. The molecule has 3 aromatic rings. The molecule has 0 aliphatic carbocycles. The predicted molar refractivity (Wildman–Crippen MR) is 127 cm³/mol. The number of nitrogens with zero attached hydrogens (tertiary/aromatic N) is 2. The molecule has 168 valence electrons. The third-order valence-electron chi connectivity index (χ3n) is 5.70. The second-order valence-electron chi connectivity index (χ2n) is 7.79. The Hall–Kier alpha value is -2.55. The second kappa shape index (κ2) is 9.94. The van der Waals surface area contributed by atoms with E-state index in [-0.39, 0.29) is 5.91 Å². The molecule has 1 aliphatic rings. The minimum Gasteiger partial charge on any atom is -0.354 e. The number of carbonyl (C=O) groups excluding carboxylic acids is 1. The predicted octanol–water partition coefficient (Wildman–Crippen LogP) is 3.88. The highest BCUT2D eigenvalue weighted by molar-refractivity contribution is 7.89. The lowest BCUT2D eigenvalue weighted by Crippen LogP contribution is -2.46. The monoisotopic (exact) mass is 469 g/mol. The zero-order valence-electron chi connectivity index (χ0n) is 18.0. The molecule has 1 N–H and O–H groups in total. The maximum Gasteiger partial charge on any atom is 0.244 e. The van der Waals surface area contributed by atoms with Crippen LogP contribution in [0.2, 0.25) is 0 Å². The summed E-state index contributed by atoms with van der Waals surface area (Å²) in [7, 11) is -3.72. The summed E-state index contributed by atoms with van der Waals surface area (Å²) < 4.78 is 28.0. The zero-order valence-corrected chi connectivity index (χ0v) is 19.7. The molecule has 1 amide bonds. The molecular weight excluding hydrogens is 442 g/mol. The Bertz CT molecular complexity index is 1180. The van der Waals surface area contributed by atoms with Crippen LogP contribution in [0.25, 0.3) is 10.6 Å². The maximum atomic E-state index is 13.3. The smallest absolute Gasteiger partial charge is 0.244 e. The lowest BCUT2D eigenvalue weighted by atomic mass is 10.2. The molecule has 1 fully saturated rings. The summed E-state index contributed by atoms with van der Waals surface area (Å²) in [6.45, 7) is 2.72. The van der Waals surface area contributed by atoms with E-state index in [9.17, 15) is 13.2 Å². The number of sulfonamides is 1. The summed E-state index contributed by atoms with van der Waals surface area (Å²) in [5.74, 6) is -0.237. The minimum absolute atomic E-state index is 0.237. The highest BCUT2D eigenvalue weighted by Gasteiger charge is 2.39. The zero-order chi connectivity index (χ0) is 22.6. The third kappa shape index (κ3) is 4.77. The normalized spacial score (nSPS) is 16.8. The highest BCUT2D eigenvalue weighted by atomic mass is 32.2. The van der Waals surface area contributed by atoms with Gasteiger partial charge in [0.1, 0.15) is 11.0 Å². The standard InChI is InChI=1S/C24H27N3O3S2/c1-2-18-9-6-7-13-22(18)32(29,30)27-16-8-12-21(27)23(28)25-15-14-20-17-31-24(26-20)19-10-4-3-5-11-19/h3-7,9-11,13,17,21H,2,8,12,14-16H2,1H3,(H,25,28). The van der Waals surface area contributed by atoms with Crippen LogP contribution in [0, 0.1) is 0 Å². The van der Waals surface area contributed by atoms with Crippen molar-refractivity contribution in [2.75, 3.05) is 13.1 Å². The van der Waals surface area contributed by atoms with Gasteiger partial charge in [0.15, 0.2) is 0 Å². The van der Waals surface area contributed by atoms with Crippen molar-refractivity contribution in [2.24, 2.45) is 0 Å². The van der Waals surface area contributed by atoms with Crippen LogP contribution in [0.1, 0.15) is 31.0 Å². The molecule has 1 atom stereocenters.